The number of carbonyl (C=O) groups excluding carboxylic acids is 3. The Labute approximate surface area is 500 Å². The zero-order chi connectivity index (χ0) is 58.6. The zero-order valence-electron chi connectivity index (χ0n) is 47.9. The number of amides is 2. The number of nitrogens with one attached hydrogen (secondary N) is 2. The van der Waals surface area contributed by atoms with Gasteiger partial charge in [-0.05, 0) is 86.9 Å². The Morgan fingerprint density at radius 2 is 1.55 bits per heavy atom. The van der Waals surface area contributed by atoms with Crippen LogP contribution in [0.2, 0.25) is 10.0 Å². The van der Waals surface area contributed by atoms with Crippen LogP contribution in [0.4, 0.5) is 11.4 Å². The highest BCUT2D eigenvalue weighted by atomic mass is 35.5. The van der Waals surface area contributed by atoms with E-state index in [-0.39, 0.29) is 42.9 Å². The second-order valence-corrected chi connectivity index (χ2v) is 23.5. The number of benzene rings is 4. The predicted molar refractivity (Wildman–Crippen MR) is 323 cm³/mol. The SMILES string of the molecule is COc1cc(Nc2c(C#N)cnc3cc(OCCCN4CCN(CCCCCCOCCOc5cc(-c6scnc6C)ccc5CNC(=O)[C@@H]5C[C@@H](O)CC5C(=O)[C@H](C(C)C)N5Cc6ccccc6C5=O)CC4)c(OC)cc23)c(Cl)cc1Cl. The molecule has 6 aromatic rings. The molecule has 1 saturated heterocycles. The Hall–Kier alpha value is -6.56. The molecule has 3 aliphatic rings. The Balaban J connectivity index is 0.670. The van der Waals surface area contributed by atoms with Crippen molar-refractivity contribution < 1.29 is 43.2 Å². The van der Waals surface area contributed by atoms with Crippen molar-refractivity contribution in [2.24, 2.45) is 17.8 Å². The van der Waals surface area contributed by atoms with Gasteiger partial charge in [-0.3, -0.25) is 19.4 Å². The fourth-order valence-electron chi connectivity index (χ4n) is 11.6. The van der Waals surface area contributed by atoms with Crippen molar-refractivity contribution in [1.82, 2.24) is 30.0 Å². The van der Waals surface area contributed by atoms with Gasteiger partial charge < -0.3 is 54.1 Å². The van der Waals surface area contributed by atoms with Crippen molar-refractivity contribution in [3.05, 3.63) is 116 Å². The van der Waals surface area contributed by atoms with Gasteiger partial charge in [0, 0.05) is 93.2 Å². The van der Waals surface area contributed by atoms with Crippen LogP contribution in [0, 0.1) is 36.0 Å². The second kappa shape index (κ2) is 28.8. The molecule has 20 heteroatoms. The van der Waals surface area contributed by atoms with E-state index < -0.39 is 24.0 Å². The molecule has 17 nitrogen and oxygen atoms in total. The van der Waals surface area contributed by atoms with Gasteiger partial charge in [-0.25, -0.2) is 4.98 Å². The van der Waals surface area contributed by atoms with E-state index in [1.807, 2.05) is 74.8 Å². The molecule has 1 saturated carbocycles. The molecule has 83 heavy (non-hydrogen) atoms. The highest BCUT2D eigenvalue weighted by Crippen LogP contribution is 2.42. The monoisotopic (exact) mass is 1190 g/mol. The fourth-order valence-corrected chi connectivity index (χ4v) is 12.9. The minimum Gasteiger partial charge on any atom is -0.495 e. The molecule has 0 spiro atoms. The van der Waals surface area contributed by atoms with Gasteiger partial charge in [0.05, 0.1) is 94.1 Å². The normalized spacial score (nSPS) is 17.6. The molecule has 2 aromatic heterocycles. The lowest BCUT2D eigenvalue weighted by molar-refractivity contribution is -0.136. The molecule has 1 aliphatic carbocycles. The molecule has 0 bridgehead atoms. The number of aliphatic hydroxyl groups excluding tert-OH is 1. The van der Waals surface area contributed by atoms with Crippen molar-refractivity contribution in [3.63, 3.8) is 0 Å². The third-order valence-corrected chi connectivity index (χ3v) is 17.6. The van der Waals surface area contributed by atoms with Crippen LogP contribution < -0.4 is 29.6 Å². The number of halogens is 2. The molecule has 2 fully saturated rings. The van der Waals surface area contributed by atoms with Crippen molar-refractivity contribution in [2.45, 2.75) is 91.0 Å². The number of nitriles is 1. The first-order chi connectivity index (χ1) is 40.2. The quantitative estimate of drug-likeness (QED) is 0.0392. The van der Waals surface area contributed by atoms with Crippen molar-refractivity contribution >= 4 is 74.4 Å². The smallest absolute Gasteiger partial charge is 0.255 e. The van der Waals surface area contributed by atoms with Gasteiger partial charge in [0.1, 0.15) is 24.2 Å². The maximum absolute atomic E-state index is 14.4. The lowest BCUT2D eigenvalue weighted by Crippen LogP contribution is -2.49. The van der Waals surface area contributed by atoms with E-state index >= 15 is 0 Å². The van der Waals surface area contributed by atoms with Gasteiger partial charge in [0.25, 0.3) is 5.91 Å². The van der Waals surface area contributed by atoms with E-state index in [1.54, 1.807) is 41.5 Å². The molecule has 440 valence electrons. The number of unbranched alkanes of at least 4 members (excludes halogenated alkanes) is 3. The van der Waals surface area contributed by atoms with E-state index in [4.69, 9.17) is 46.9 Å². The topological polar surface area (TPSA) is 201 Å². The number of ether oxygens (including phenoxy) is 5. The van der Waals surface area contributed by atoms with E-state index in [2.05, 4.69) is 36.5 Å². The first kappa shape index (κ1) is 61.0. The van der Waals surface area contributed by atoms with Gasteiger partial charge in [0.2, 0.25) is 5.91 Å². The van der Waals surface area contributed by atoms with E-state index in [1.165, 1.54) is 13.3 Å². The second-order valence-electron chi connectivity index (χ2n) is 21.9. The summed E-state index contributed by atoms with van der Waals surface area (Å²) in [7, 11) is 3.11. The molecule has 1 unspecified atom stereocenters. The van der Waals surface area contributed by atoms with Crippen LogP contribution in [0.25, 0.3) is 21.3 Å². The Morgan fingerprint density at radius 3 is 2.28 bits per heavy atom. The zero-order valence-corrected chi connectivity index (χ0v) is 50.2. The molecular formula is C63H74Cl2N8O9S. The first-order valence-corrected chi connectivity index (χ1v) is 30.3. The minimum atomic E-state index is -0.799. The number of rotatable bonds is 28. The van der Waals surface area contributed by atoms with Crippen LogP contribution in [0.3, 0.4) is 0 Å². The highest BCUT2D eigenvalue weighted by Gasteiger charge is 2.48. The number of aromatic nitrogens is 2. The highest BCUT2D eigenvalue weighted by molar-refractivity contribution is 7.13. The average Bonchev–Trinajstić information content (AvgIpc) is 3.90. The first-order valence-electron chi connectivity index (χ1n) is 28.7. The lowest BCUT2D eigenvalue weighted by atomic mass is 9.83. The number of hydrogen-bond acceptors (Lipinski definition) is 16. The number of nitrogens with zero attached hydrogens (tertiary/aromatic N) is 6. The third kappa shape index (κ3) is 14.9. The number of piperazine rings is 1. The number of aliphatic hydroxyl groups is 1. The van der Waals surface area contributed by atoms with Gasteiger partial charge >= 0.3 is 0 Å². The molecule has 2 aliphatic heterocycles. The average molecular weight is 1190 g/mol. The molecule has 4 heterocycles. The molecule has 4 aromatic carbocycles. The summed E-state index contributed by atoms with van der Waals surface area (Å²) in [6.45, 7) is 14.3. The summed E-state index contributed by atoms with van der Waals surface area (Å²) in [5.41, 5.74) is 7.98. The Bertz CT molecular complexity index is 3290. The number of Topliss-reactive ketones (excluding diaryl/α,β-unsaturated/α-hetero) is 1. The van der Waals surface area contributed by atoms with E-state index in [9.17, 15) is 24.8 Å². The number of ketones is 1. The van der Waals surface area contributed by atoms with Gasteiger partial charge in [-0.2, -0.15) is 5.26 Å². The number of methoxy groups -OCH3 is 2. The maximum Gasteiger partial charge on any atom is 0.255 e. The maximum atomic E-state index is 14.4. The minimum absolute atomic E-state index is 0.169. The predicted octanol–water partition coefficient (Wildman–Crippen LogP) is 10.9. The van der Waals surface area contributed by atoms with Crippen LogP contribution in [0.15, 0.2) is 78.4 Å². The summed E-state index contributed by atoms with van der Waals surface area (Å²) >= 11 is 14.3. The summed E-state index contributed by atoms with van der Waals surface area (Å²) in [5, 5.41) is 28.6. The summed E-state index contributed by atoms with van der Waals surface area (Å²) in [4.78, 5) is 58.6. The van der Waals surface area contributed by atoms with Crippen molar-refractivity contribution in [2.75, 3.05) is 85.2 Å². The third-order valence-electron chi connectivity index (χ3n) is 16.0. The van der Waals surface area contributed by atoms with E-state index in [0.29, 0.717) is 99.4 Å². The number of pyridine rings is 1. The fraction of sp³-hybridized carbons (Fsp3) is 0.460. The molecule has 3 N–H and O–H groups in total. The van der Waals surface area contributed by atoms with Gasteiger partial charge in [0.15, 0.2) is 17.3 Å². The summed E-state index contributed by atoms with van der Waals surface area (Å²) < 4.78 is 29.8. The van der Waals surface area contributed by atoms with Gasteiger partial charge in [-0.15, -0.1) is 11.3 Å². The van der Waals surface area contributed by atoms with Crippen molar-refractivity contribution in [1.29, 1.82) is 5.26 Å². The van der Waals surface area contributed by atoms with Crippen LogP contribution in [0.1, 0.15) is 91.5 Å². The number of hydrogen-bond donors (Lipinski definition) is 3. The molecular weight excluding hydrogens is 1120 g/mol. The van der Waals surface area contributed by atoms with Crippen LogP contribution >= 0.6 is 34.5 Å². The number of fused-ring (bicyclic) bond motifs is 2. The lowest BCUT2D eigenvalue weighted by Gasteiger charge is -2.34. The Kier molecular flexibility index (Phi) is 21.2. The molecule has 0 radical (unpaired) electrons. The molecule has 2 amide bonds. The summed E-state index contributed by atoms with van der Waals surface area (Å²) in [6, 6.07) is 21.8. The number of thiazole rings is 1. The van der Waals surface area contributed by atoms with Crippen LogP contribution in [-0.4, -0.2) is 139 Å². The van der Waals surface area contributed by atoms with Gasteiger partial charge in [-0.1, -0.05) is 80.2 Å². The van der Waals surface area contributed by atoms with E-state index in [0.717, 1.165) is 98.6 Å². The van der Waals surface area contributed by atoms with Crippen molar-refractivity contribution in [3.8, 4) is 39.5 Å². The summed E-state index contributed by atoms with van der Waals surface area (Å²) in [6.07, 6.45) is 6.23. The van der Waals surface area contributed by atoms with Crippen LogP contribution in [0.5, 0.6) is 23.0 Å². The summed E-state index contributed by atoms with van der Waals surface area (Å²) in [5.74, 6) is -0.129. The number of anilines is 2. The molecule has 9 rings (SSSR count). The largest absolute Gasteiger partial charge is 0.495 e. The standard InChI is InChI=1S/C63H74Cl2N8O9S/c1-39(2)59(73-37-43-13-8-9-14-46(43)63(73)77)60(75)47-28-45(74)29-48(47)62(76)68-35-42-16-15-41(61-40(3)69-38-83-61)27-54(42)82-26-25-80-23-11-7-6-10-17-71-19-21-72(22-20-71)18-12-24-81-57-32-52-49(30-56(57)79-5)58(44(34-66)36-67-52)70-53-33-55(78-4)51(65)31-50(53)64/h8-9,13-16,27,30-33,36,38-39,45,47-48,59,74H,6-7,10-12,17-26,28-29,35,37H2,1-5H3,(H,67,70)(H,68,76)/t45-,47?,48+,59-/m0/s1. The van der Waals surface area contributed by atoms with Crippen LogP contribution in [-0.2, 0) is 27.4 Å². The molecule has 4 atom stereocenters. The number of aryl methyl sites for hydroxylation is 1. The Morgan fingerprint density at radius 1 is 0.819 bits per heavy atom. The number of carbonyl (C=O) groups is 3.